The Morgan fingerprint density at radius 1 is 0.568 bits per heavy atom. The number of halogens is 4. The molecule has 2 aromatic rings. The van der Waals surface area contributed by atoms with Crippen LogP contribution in [0.2, 0.25) is 0 Å². The topological polar surface area (TPSA) is 64.7 Å². The normalized spacial score (nSPS) is 10.9. The van der Waals surface area contributed by atoms with Crippen LogP contribution in [0.4, 0.5) is 11.4 Å². The first-order valence-corrected chi connectivity index (χ1v) is 19.8. The Morgan fingerprint density at radius 2 is 0.909 bits per heavy atom. The summed E-state index contributed by atoms with van der Waals surface area (Å²) >= 11 is 23.6. The molecule has 246 valence electrons. The van der Waals surface area contributed by atoms with E-state index < -0.39 is 0 Å². The number of carbonyl (C=O) groups excluding carboxylic acids is 2. The highest BCUT2D eigenvalue weighted by atomic mass is 35.5. The largest absolute Gasteiger partial charge is 0.369 e. The van der Waals surface area contributed by atoms with Crippen LogP contribution in [-0.2, 0) is 22.4 Å². The van der Waals surface area contributed by atoms with Gasteiger partial charge in [-0.25, -0.2) is 0 Å². The van der Waals surface area contributed by atoms with Gasteiger partial charge in [-0.3, -0.25) is 9.59 Å². The van der Waals surface area contributed by atoms with Crippen LogP contribution in [0.3, 0.4) is 0 Å². The monoisotopic (exact) mass is 722 g/mol. The third-order valence-corrected chi connectivity index (χ3v) is 9.94. The lowest BCUT2D eigenvalue weighted by Crippen LogP contribution is -2.27. The molecular weight excluding hydrogens is 678 g/mol. The van der Waals surface area contributed by atoms with E-state index >= 15 is 0 Å². The molecule has 0 saturated heterocycles. The Bertz CT molecular complexity index is 956. The predicted octanol–water partition coefficient (Wildman–Crippen LogP) is 7.21. The molecule has 0 aliphatic rings. The van der Waals surface area contributed by atoms with Crippen molar-refractivity contribution in [1.82, 2.24) is 10.6 Å². The highest BCUT2D eigenvalue weighted by Crippen LogP contribution is 2.20. The summed E-state index contributed by atoms with van der Waals surface area (Å²) in [7, 11) is 3.43. The third-order valence-electron chi connectivity index (χ3n) is 6.86. The smallest absolute Gasteiger partial charge is 0.220 e. The molecule has 2 aromatic carbocycles. The number of benzene rings is 2. The molecule has 0 aliphatic heterocycles. The van der Waals surface area contributed by atoms with E-state index in [0.29, 0.717) is 49.5 Å². The van der Waals surface area contributed by atoms with Gasteiger partial charge in [-0.15, -0.1) is 46.4 Å². The molecular formula is C32H46Cl4N4O2S2. The summed E-state index contributed by atoms with van der Waals surface area (Å²) in [5, 5.41) is 6.00. The van der Waals surface area contributed by atoms with Crippen LogP contribution in [0.1, 0.15) is 36.8 Å². The van der Waals surface area contributed by atoms with Crippen LogP contribution in [0.15, 0.2) is 48.5 Å². The van der Waals surface area contributed by atoms with Crippen molar-refractivity contribution in [3.05, 3.63) is 59.7 Å². The van der Waals surface area contributed by atoms with E-state index in [4.69, 9.17) is 46.4 Å². The lowest BCUT2D eigenvalue weighted by Gasteiger charge is -2.23. The van der Waals surface area contributed by atoms with Crippen molar-refractivity contribution >= 4 is 91.2 Å². The van der Waals surface area contributed by atoms with Crippen molar-refractivity contribution < 1.29 is 9.59 Å². The standard InChI is InChI=1S/C32H46Cl4N4O2S2/c33-15-21-39(22-16-34)29-11-7-27(8-12-29)3-1-5-31(41)37-19-25-43-44-26-20-38-32(42)6-2-4-28-9-13-30(14-10-28)40(23-17-35)24-18-36/h7-14H,1-6,15-26H2,(H,37,41)(H,38,42). The summed E-state index contributed by atoms with van der Waals surface area (Å²) in [6, 6.07) is 16.8. The highest BCUT2D eigenvalue weighted by Gasteiger charge is 2.08. The fourth-order valence-electron chi connectivity index (χ4n) is 4.56. The number of nitrogens with one attached hydrogen (secondary N) is 2. The molecule has 44 heavy (non-hydrogen) atoms. The zero-order valence-corrected chi connectivity index (χ0v) is 30.0. The van der Waals surface area contributed by atoms with Crippen LogP contribution >= 0.6 is 68.0 Å². The molecule has 2 rings (SSSR count). The van der Waals surface area contributed by atoms with Crippen molar-refractivity contribution in [1.29, 1.82) is 0 Å². The maximum atomic E-state index is 12.2. The average Bonchev–Trinajstić information content (AvgIpc) is 3.03. The number of hydrogen-bond acceptors (Lipinski definition) is 6. The number of amides is 2. The molecule has 0 heterocycles. The number of anilines is 2. The van der Waals surface area contributed by atoms with Gasteiger partial charge in [-0.1, -0.05) is 45.9 Å². The molecule has 0 radical (unpaired) electrons. The second kappa shape index (κ2) is 25.0. The maximum absolute atomic E-state index is 12.2. The molecule has 0 aliphatic carbocycles. The van der Waals surface area contributed by atoms with Crippen molar-refractivity contribution in [2.45, 2.75) is 38.5 Å². The molecule has 0 aromatic heterocycles. The molecule has 0 saturated carbocycles. The lowest BCUT2D eigenvalue weighted by molar-refractivity contribution is -0.121. The first-order valence-electron chi connectivity index (χ1n) is 15.2. The van der Waals surface area contributed by atoms with E-state index in [1.165, 1.54) is 11.1 Å². The van der Waals surface area contributed by atoms with Gasteiger partial charge in [0.2, 0.25) is 11.8 Å². The Balaban J connectivity index is 1.46. The van der Waals surface area contributed by atoms with E-state index in [-0.39, 0.29) is 11.8 Å². The molecule has 0 unspecified atom stereocenters. The molecule has 2 amide bonds. The van der Waals surface area contributed by atoms with Crippen LogP contribution in [0.25, 0.3) is 0 Å². The Kier molecular flexibility index (Phi) is 22.2. The van der Waals surface area contributed by atoms with E-state index in [0.717, 1.165) is 74.7 Å². The van der Waals surface area contributed by atoms with Crippen molar-refractivity contribution in [2.75, 3.05) is 84.1 Å². The second-order valence-electron chi connectivity index (χ2n) is 10.1. The van der Waals surface area contributed by atoms with Gasteiger partial charge in [-0.2, -0.15) is 0 Å². The minimum Gasteiger partial charge on any atom is -0.369 e. The summed E-state index contributed by atoms with van der Waals surface area (Å²) in [6.45, 7) is 4.37. The van der Waals surface area contributed by atoms with E-state index in [1.54, 1.807) is 21.6 Å². The Hall–Kier alpha value is -1.16. The summed E-state index contributed by atoms with van der Waals surface area (Å²) < 4.78 is 0. The Labute approximate surface area is 292 Å². The van der Waals surface area contributed by atoms with Gasteiger partial charge in [0.05, 0.1) is 0 Å². The average molecular weight is 725 g/mol. The van der Waals surface area contributed by atoms with E-state index in [2.05, 4.69) is 69.0 Å². The number of rotatable bonds is 25. The van der Waals surface area contributed by atoms with Crippen molar-refractivity contribution in [3.8, 4) is 0 Å². The number of carbonyl (C=O) groups is 2. The fraction of sp³-hybridized carbons (Fsp3) is 0.562. The van der Waals surface area contributed by atoms with Gasteiger partial charge < -0.3 is 20.4 Å². The molecule has 0 bridgehead atoms. The van der Waals surface area contributed by atoms with Gasteiger partial charge in [-0.05, 0) is 61.1 Å². The Morgan fingerprint density at radius 3 is 1.23 bits per heavy atom. The van der Waals surface area contributed by atoms with Gasteiger partial charge >= 0.3 is 0 Å². The summed E-state index contributed by atoms with van der Waals surface area (Å²) in [4.78, 5) is 28.7. The zero-order chi connectivity index (χ0) is 31.8. The van der Waals surface area contributed by atoms with Crippen LogP contribution in [0.5, 0.6) is 0 Å². The summed E-state index contributed by atoms with van der Waals surface area (Å²) in [5.41, 5.74) is 4.68. The first-order chi connectivity index (χ1) is 21.5. The molecule has 0 fully saturated rings. The fourth-order valence-corrected chi connectivity index (χ4v) is 7.19. The van der Waals surface area contributed by atoms with Gasteiger partial charge in [0, 0.05) is 98.5 Å². The molecule has 0 atom stereocenters. The molecule has 0 spiro atoms. The van der Waals surface area contributed by atoms with Gasteiger partial charge in [0.25, 0.3) is 0 Å². The molecule has 6 nitrogen and oxygen atoms in total. The maximum Gasteiger partial charge on any atom is 0.220 e. The van der Waals surface area contributed by atoms with Crippen molar-refractivity contribution in [3.63, 3.8) is 0 Å². The summed E-state index contributed by atoms with van der Waals surface area (Å²) in [5.74, 6) is 4.10. The van der Waals surface area contributed by atoms with Crippen LogP contribution in [-0.4, -0.2) is 86.1 Å². The number of nitrogens with zero attached hydrogens (tertiary/aromatic N) is 2. The number of aryl methyl sites for hydroxylation is 2. The van der Waals surface area contributed by atoms with Gasteiger partial charge in [0.15, 0.2) is 0 Å². The summed E-state index contributed by atoms with van der Waals surface area (Å²) in [6.07, 6.45) is 4.40. The first kappa shape index (κ1) is 39.0. The van der Waals surface area contributed by atoms with Crippen LogP contribution in [0, 0.1) is 0 Å². The third kappa shape index (κ3) is 17.0. The molecule has 2 N–H and O–H groups in total. The second-order valence-corrected chi connectivity index (χ2v) is 14.3. The number of hydrogen-bond donors (Lipinski definition) is 2. The SMILES string of the molecule is O=C(CCCc1ccc(N(CCCl)CCCl)cc1)NCCSSCCNC(=O)CCCc1ccc(N(CCCl)CCCl)cc1. The highest BCUT2D eigenvalue weighted by molar-refractivity contribution is 8.76. The predicted molar refractivity (Wildman–Crippen MR) is 197 cm³/mol. The zero-order valence-electron chi connectivity index (χ0n) is 25.4. The van der Waals surface area contributed by atoms with Crippen molar-refractivity contribution in [2.24, 2.45) is 0 Å². The minimum atomic E-state index is 0.0884. The van der Waals surface area contributed by atoms with Gasteiger partial charge in [0.1, 0.15) is 0 Å². The molecule has 12 heteroatoms. The van der Waals surface area contributed by atoms with E-state index in [9.17, 15) is 9.59 Å². The quantitative estimate of drug-likeness (QED) is 0.0642. The minimum absolute atomic E-state index is 0.0884. The van der Waals surface area contributed by atoms with E-state index in [1.807, 2.05) is 0 Å². The van der Waals surface area contributed by atoms with Crippen LogP contribution < -0.4 is 20.4 Å². The lowest BCUT2D eigenvalue weighted by atomic mass is 10.1. The number of alkyl halides is 4.